The Labute approximate surface area is 145 Å². The molecule has 2 aromatic rings. The summed E-state index contributed by atoms with van der Waals surface area (Å²) in [4.78, 5) is 1.24. The molecule has 0 saturated carbocycles. The molecular formula is C15H17F6O2PS. The fourth-order valence-electron chi connectivity index (χ4n) is 1.66. The first kappa shape index (κ1) is 21.4. The molecule has 0 bridgehead atoms. The van der Waals surface area contributed by atoms with Gasteiger partial charge in [0.1, 0.15) is 17.3 Å². The van der Waals surface area contributed by atoms with Gasteiger partial charge in [-0.3, -0.25) is 0 Å². The van der Waals surface area contributed by atoms with E-state index in [2.05, 4.69) is 12.1 Å². The molecule has 0 spiro atoms. The second-order valence-electron chi connectivity index (χ2n) is 4.95. The molecule has 2 nitrogen and oxygen atoms in total. The quantitative estimate of drug-likeness (QED) is 0.277. The van der Waals surface area contributed by atoms with E-state index in [0.717, 1.165) is 17.9 Å². The maximum atomic E-state index is 9.87. The van der Waals surface area contributed by atoms with E-state index in [1.54, 1.807) is 19.2 Å². The molecule has 0 atom stereocenters. The van der Waals surface area contributed by atoms with Gasteiger partial charge >= 0.3 is 33.0 Å². The van der Waals surface area contributed by atoms with Crippen LogP contribution in [-0.2, 0) is 18.2 Å². The van der Waals surface area contributed by atoms with Crippen molar-refractivity contribution in [2.45, 2.75) is 11.3 Å². The zero-order chi connectivity index (χ0) is 19.2. The first-order valence-electron chi connectivity index (χ1n) is 6.89. The molecule has 0 radical (unpaired) electrons. The summed E-state index contributed by atoms with van der Waals surface area (Å²) in [7, 11) is -8.98. The van der Waals surface area contributed by atoms with Gasteiger partial charge in [0, 0.05) is 18.2 Å². The molecule has 0 fully saturated rings. The van der Waals surface area contributed by atoms with Gasteiger partial charge in [-0.2, -0.15) is 0 Å². The Bertz CT molecular complexity index is 660. The molecule has 10 heteroatoms. The molecular weight excluding hydrogens is 389 g/mol. The summed E-state index contributed by atoms with van der Waals surface area (Å²) in [6.07, 6.45) is 1.05. The average molecular weight is 406 g/mol. The number of rotatable bonds is 5. The Balaban J connectivity index is 0.000000381. The van der Waals surface area contributed by atoms with Crippen LogP contribution in [0.25, 0.3) is 0 Å². The topological polar surface area (TPSA) is 29.5 Å². The number of aromatic hydroxyl groups is 1. The third-order valence-corrected chi connectivity index (χ3v) is 3.81. The van der Waals surface area contributed by atoms with Crippen LogP contribution in [0.5, 0.6) is 11.5 Å². The van der Waals surface area contributed by atoms with Gasteiger partial charge in [0.2, 0.25) is 0 Å². The summed E-state index contributed by atoms with van der Waals surface area (Å²) >= 11 is 1.29. The Morgan fingerprint density at radius 2 is 1.36 bits per heavy atom. The molecule has 1 N–H and O–H groups in total. The fraction of sp³-hybridized carbons (Fsp3) is 0.200. The van der Waals surface area contributed by atoms with Gasteiger partial charge in [-0.05, 0) is 42.0 Å². The van der Waals surface area contributed by atoms with Crippen molar-refractivity contribution in [3.05, 3.63) is 54.1 Å². The minimum absolute atomic E-state index is 0.323. The third kappa shape index (κ3) is 13.4. The van der Waals surface area contributed by atoms with Gasteiger partial charge in [-0.15, -0.1) is 0 Å². The van der Waals surface area contributed by atoms with Gasteiger partial charge in [0.05, 0.1) is 7.11 Å². The van der Waals surface area contributed by atoms with E-state index in [1.807, 2.05) is 24.3 Å². The number of halogens is 6. The molecule has 0 aliphatic rings. The number of aryl methyl sites for hydroxylation is 1. The first-order chi connectivity index (χ1) is 11.2. The predicted molar refractivity (Wildman–Crippen MR) is 90.3 cm³/mol. The molecule has 2 rings (SSSR count). The van der Waals surface area contributed by atoms with Crippen molar-refractivity contribution in [1.29, 1.82) is 0 Å². The van der Waals surface area contributed by atoms with Gasteiger partial charge in [0.25, 0.3) is 0 Å². The Morgan fingerprint density at radius 1 is 0.880 bits per heavy atom. The molecule has 0 aromatic heterocycles. The Morgan fingerprint density at radius 3 is 1.80 bits per heavy atom. The van der Waals surface area contributed by atoms with Crippen LogP contribution in [0.15, 0.2) is 53.4 Å². The standard InChI is InChI=1S/C15H16O2S.F6P/c1-17-14-6-2-12(3-7-14)10-11-18-15-8-4-13(16)5-9-15;1-7(2,3,4,5)6/h2-9,16H,10-11H2,1H3;/q;-1/p+1. The number of methoxy groups -OCH3 is 1. The zero-order valence-corrected chi connectivity index (χ0v) is 14.8. The molecule has 25 heavy (non-hydrogen) atoms. The summed E-state index contributed by atoms with van der Waals surface area (Å²) in [6.45, 7) is 0. The summed E-state index contributed by atoms with van der Waals surface area (Å²) in [5.41, 5.74) is 1.32. The number of phenols is 1. The van der Waals surface area contributed by atoms with Crippen LogP contribution in [-0.4, -0.2) is 18.0 Å². The van der Waals surface area contributed by atoms with Crippen LogP contribution < -0.4 is 4.74 Å². The van der Waals surface area contributed by atoms with E-state index in [-0.39, 0.29) is 0 Å². The van der Waals surface area contributed by atoms with Crippen molar-refractivity contribution in [2.75, 3.05) is 12.9 Å². The monoisotopic (exact) mass is 406 g/mol. The van der Waals surface area contributed by atoms with Crippen LogP contribution in [0.3, 0.4) is 0 Å². The van der Waals surface area contributed by atoms with Crippen LogP contribution >= 0.6 is 7.81 Å². The summed E-state index contributed by atoms with van der Waals surface area (Å²) < 4.78 is 64.3. The van der Waals surface area contributed by atoms with Crippen molar-refractivity contribution in [3.63, 3.8) is 0 Å². The number of benzene rings is 2. The molecule has 142 valence electrons. The summed E-state index contributed by atoms with van der Waals surface area (Å²) in [5, 5.41) is 9.19. The molecule has 0 aliphatic heterocycles. The van der Waals surface area contributed by atoms with Gasteiger partial charge in [0.15, 0.2) is 4.90 Å². The number of hydrogen-bond acceptors (Lipinski definition) is 2. The van der Waals surface area contributed by atoms with Gasteiger partial charge in [-0.1, -0.05) is 12.1 Å². The van der Waals surface area contributed by atoms with E-state index < -0.39 is 7.81 Å². The van der Waals surface area contributed by atoms with Crippen LogP contribution in [0.2, 0.25) is 0 Å². The first-order valence-corrected chi connectivity index (χ1v) is 9.99. The van der Waals surface area contributed by atoms with Gasteiger partial charge < -0.3 is 9.84 Å². The zero-order valence-electron chi connectivity index (χ0n) is 13.1. The van der Waals surface area contributed by atoms with Crippen LogP contribution in [0.4, 0.5) is 25.2 Å². The minimum atomic E-state index is -10.7. The van der Waals surface area contributed by atoms with Crippen LogP contribution in [0.1, 0.15) is 5.56 Å². The second-order valence-corrected chi connectivity index (χ2v) is 8.15. The SMILES string of the molecule is COc1ccc(CC[SH+]c2ccc(O)cc2)cc1.F[P-](F)(F)(F)(F)F. The van der Waals surface area contributed by atoms with Gasteiger partial charge in [-0.25, -0.2) is 0 Å². The summed E-state index contributed by atoms with van der Waals surface area (Å²) in [6, 6.07) is 15.6. The molecule has 0 unspecified atom stereocenters. The van der Waals surface area contributed by atoms with Crippen molar-refractivity contribution < 1.29 is 35.0 Å². The number of phenolic OH excluding ortho intramolecular Hbond substituents is 1. The normalized spacial score (nSPS) is 13.9. The third-order valence-electron chi connectivity index (χ3n) is 2.70. The van der Waals surface area contributed by atoms with E-state index in [9.17, 15) is 30.3 Å². The van der Waals surface area contributed by atoms with E-state index in [4.69, 9.17) is 4.74 Å². The second kappa shape index (κ2) is 7.33. The fourth-order valence-corrected chi connectivity index (χ4v) is 2.65. The number of ether oxygens (including phenoxy) is 1. The van der Waals surface area contributed by atoms with Crippen molar-refractivity contribution >= 4 is 19.6 Å². The maximum absolute atomic E-state index is 10.7. The predicted octanol–water partition coefficient (Wildman–Crippen LogP) is 6.20. The van der Waals surface area contributed by atoms with E-state index in [0.29, 0.717) is 5.75 Å². The molecule has 0 aliphatic carbocycles. The number of thiol groups is 1. The Hall–Kier alpha value is -1.60. The number of hydrogen-bond donors (Lipinski definition) is 1. The van der Waals surface area contributed by atoms with Crippen molar-refractivity contribution in [2.24, 2.45) is 0 Å². The van der Waals surface area contributed by atoms with Crippen molar-refractivity contribution in [1.82, 2.24) is 0 Å². The molecule has 0 saturated heterocycles. The Kier molecular flexibility index (Phi) is 6.29. The average Bonchev–Trinajstić information content (AvgIpc) is 2.47. The molecule has 0 heterocycles. The van der Waals surface area contributed by atoms with Crippen molar-refractivity contribution in [3.8, 4) is 11.5 Å². The van der Waals surface area contributed by atoms with E-state index in [1.165, 1.54) is 22.2 Å². The summed E-state index contributed by atoms with van der Waals surface area (Å²) in [5.74, 6) is 2.30. The van der Waals surface area contributed by atoms with E-state index >= 15 is 0 Å². The molecule has 0 amide bonds. The van der Waals surface area contributed by atoms with Crippen LogP contribution in [0, 0.1) is 0 Å². The molecule has 2 aromatic carbocycles.